The summed E-state index contributed by atoms with van der Waals surface area (Å²) in [5.41, 5.74) is -0.422. The summed E-state index contributed by atoms with van der Waals surface area (Å²) in [7, 11) is -9.70. The van der Waals surface area contributed by atoms with E-state index in [-0.39, 0.29) is 16.5 Å². The minimum Gasteiger partial charge on any atom is -0.507 e. The number of aromatic hydroxyl groups is 2. The first-order chi connectivity index (χ1) is 14.4. The Balaban J connectivity index is 2.22. The molecule has 11 nitrogen and oxygen atoms in total. The van der Waals surface area contributed by atoms with E-state index in [1.165, 1.54) is 12.1 Å². The lowest BCUT2D eigenvalue weighted by atomic mass is 10.1. The number of azo groups is 1. The molecule has 4 N–H and O–H groups in total. The van der Waals surface area contributed by atoms with E-state index in [4.69, 9.17) is 4.74 Å². The Hall–Kier alpha value is -3.26. The standard InChI is InChI=1S/C18H16N2O9S2/c1-2-29-12-5-3-11(4-6-12)19-20-17-15(31(26,27)28)8-10-7-13(30(23,24)25)9-14(21)16(10)18(17)22/h3-9,21-22H,2H2,1H3,(H,23,24,25)(H,26,27,28). The van der Waals surface area contributed by atoms with Gasteiger partial charge in [0.15, 0.2) is 5.75 Å². The Labute approximate surface area is 176 Å². The number of hydrogen-bond acceptors (Lipinski definition) is 9. The second-order valence-corrected chi connectivity index (χ2v) is 9.00. The van der Waals surface area contributed by atoms with Crippen molar-refractivity contribution in [3.05, 3.63) is 42.5 Å². The second kappa shape index (κ2) is 8.11. The number of fused-ring (bicyclic) bond motifs is 1. The Kier molecular flexibility index (Phi) is 5.87. The van der Waals surface area contributed by atoms with Crippen LogP contribution in [0.3, 0.4) is 0 Å². The van der Waals surface area contributed by atoms with Gasteiger partial charge in [-0.25, -0.2) is 0 Å². The van der Waals surface area contributed by atoms with Crippen molar-refractivity contribution in [2.24, 2.45) is 10.2 Å². The van der Waals surface area contributed by atoms with Gasteiger partial charge >= 0.3 is 0 Å². The Morgan fingerprint density at radius 3 is 2.10 bits per heavy atom. The fraction of sp³-hybridized carbons (Fsp3) is 0.111. The SMILES string of the molecule is CCOc1ccc(N=Nc2c(S(=O)(=O)O)cc3cc(S(=O)(=O)O)cc(O)c3c2O)cc1. The van der Waals surface area contributed by atoms with Crippen LogP contribution in [-0.2, 0) is 20.2 Å². The summed E-state index contributed by atoms with van der Waals surface area (Å²) in [4.78, 5) is -1.64. The van der Waals surface area contributed by atoms with Crippen molar-refractivity contribution in [2.45, 2.75) is 16.7 Å². The van der Waals surface area contributed by atoms with Crippen molar-refractivity contribution >= 4 is 42.4 Å². The van der Waals surface area contributed by atoms with Crippen molar-refractivity contribution in [1.29, 1.82) is 0 Å². The molecule has 0 saturated carbocycles. The van der Waals surface area contributed by atoms with Crippen LogP contribution in [-0.4, -0.2) is 42.8 Å². The zero-order valence-corrected chi connectivity index (χ0v) is 17.4. The van der Waals surface area contributed by atoms with Gasteiger partial charge in [-0.15, -0.1) is 5.11 Å². The van der Waals surface area contributed by atoms with Gasteiger partial charge < -0.3 is 14.9 Å². The number of hydrogen-bond donors (Lipinski definition) is 4. The van der Waals surface area contributed by atoms with Crippen molar-refractivity contribution in [3.8, 4) is 17.2 Å². The Bertz CT molecular complexity index is 1400. The summed E-state index contributed by atoms with van der Waals surface area (Å²) in [5, 5.41) is 27.6. The molecule has 0 unspecified atom stereocenters. The molecule has 13 heteroatoms. The molecule has 0 spiro atoms. The molecule has 164 valence electrons. The topological polar surface area (TPSA) is 183 Å². The molecule has 0 radical (unpaired) electrons. The van der Waals surface area contributed by atoms with Crippen LogP contribution in [0.1, 0.15) is 6.92 Å². The minimum atomic E-state index is -4.95. The highest BCUT2D eigenvalue weighted by Crippen LogP contribution is 2.45. The van der Waals surface area contributed by atoms with Crippen LogP contribution in [0.4, 0.5) is 11.4 Å². The normalized spacial score (nSPS) is 12.5. The van der Waals surface area contributed by atoms with Gasteiger partial charge in [-0.3, -0.25) is 9.11 Å². The van der Waals surface area contributed by atoms with E-state index in [0.29, 0.717) is 18.4 Å². The van der Waals surface area contributed by atoms with E-state index in [2.05, 4.69) is 10.2 Å². The van der Waals surface area contributed by atoms with Crippen molar-refractivity contribution in [1.82, 2.24) is 0 Å². The van der Waals surface area contributed by atoms with E-state index in [1.807, 2.05) is 0 Å². The van der Waals surface area contributed by atoms with Crippen LogP contribution in [0.25, 0.3) is 10.8 Å². The highest BCUT2D eigenvalue weighted by Gasteiger charge is 2.25. The average Bonchev–Trinajstić information content (AvgIpc) is 2.66. The summed E-state index contributed by atoms with van der Waals surface area (Å²) >= 11 is 0. The predicted molar refractivity (Wildman–Crippen MR) is 109 cm³/mol. The molecule has 0 bridgehead atoms. The molecular weight excluding hydrogens is 452 g/mol. The zero-order chi connectivity index (χ0) is 23.0. The third-order valence-corrected chi connectivity index (χ3v) is 5.79. The molecule has 0 aromatic heterocycles. The van der Waals surface area contributed by atoms with Gasteiger partial charge in [-0.2, -0.15) is 21.9 Å². The highest BCUT2D eigenvalue weighted by atomic mass is 32.2. The van der Waals surface area contributed by atoms with Crippen LogP contribution < -0.4 is 4.74 Å². The molecule has 0 aliphatic carbocycles. The quantitative estimate of drug-likeness (QED) is 0.310. The molecule has 31 heavy (non-hydrogen) atoms. The number of ether oxygens (including phenoxy) is 1. The first-order valence-corrected chi connectivity index (χ1v) is 11.4. The number of benzene rings is 3. The maximum Gasteiger partial charge on any atom is 0.296 e. The van der Waals surface area contributed by atoms with E-state index in [9.17, 15) is 36.2 Å². The fourth-order valence-electron chi connectivity index (χ4n) is 2.76. The first-order valence-electron chi connectivity index (χ1n) is 8.54. The summed E-state index contributed by atoms with van der Waals surface area (Å²) < 4.78 is 70.4. The lowest BCUT2D eigenvalue weighted by Crippen LogP contribution is -2.01. The monoisotopic (exact) mass is 468 g/mol. The molecule has 0 aliphatic heterocycles. The van der Waals surface area contributed by atoms with Gasteiger partial charge in [-0.05, 0) is 48.7 Å². The highest BCUT2D eigenvalue weighted by molar-refractivity contribution is 7.86. The Morgan fingerprint density at radius 1 is 0.903 bits per heavy atom. The maximum absolute atomic E-state index is 11.8. The van der Waals surface area contributed by atoms with Crippen molar-refractivity contribution in [2.75, 3.05) is 6.61 Å². The lowest BCUT2D eigenvalue weighted by Gasteiger charge is -2.11. The van der Waals surface area contributed by atoms with Crippen molar-refractivity contribution in [3.63, 3.8) is 0 Å². The van der Waals surface area contributed by atoms with Gasteiger partial charge in [0.2, 0.25) is 0 Å². The second-order valence-electron chi connectivity index (χ2n) is 6.19. The zero-order valence-electron chi connectivity index (χ0n) is 15.8. The summed E-state index contributed by atoms with van der Waals surface area (Å²) in [6.45, 7) is 2.26. The third-order valence-electron chi connectivity index (χ3n) is 4.09. The molecule has 0 atom stereocenters. The van der Waals surface area contributed by atoms with Gasteiger partial charge in [0.1, 0.15) is 22.1 Å². The Morgan fingerprint density at radius 2 is 1.55 bits per heavy atom. The van der Waals surface area contributed by atoms with Crippen LogP contribution in [0, 0.1) is 0 Å². The molecule has 3 rings (SSSR count). The van der Waals surface area contributed by atoms with Crippen molar-refractivity contribution < 1.29 is 40.9 Å². The third kappa shape index (κ3) is 4.74. The molecule has 0 heterocycles. The summed E-state index contributed by atoms with van der Waals surface area (Å²) in [6, 6.07) is 8.45. The molecule has 0 aliphatic rings. The van der Waals surface area contributed by atoms with Crippen LogP contribution >= 0.6 is 0 Å². The van der Waals surface area contributed by atoms with Gasteiger partial charge in [-0.1, -0.05) is 0 Å². The average molecular weight is 468 g/mol. The number of phenols is 2. The van der Waals surface area contributed by atoms with E-state index in [0.717, 1.165) is 12.1 Å². The number of nitrogens with zero attached hydrogens (tertiary/aromatic N) is 2. The van der Waals surface area contributed by atoms with Crippen LogP contribution in [0.2, 0.25) is 0 Å². The summed E-state index contributed by atoms with van der Waals surface area (Å²) in [6.07, 6.45) is 0. The predicted octanol–water partition coefficient (Wildman–Crippen LogP) is 3.56. The van der Waals surface area contributed by atoms with Gasteiger partial charge in [0, 0.05) is 6.07 Å². The van der Waals surface area contributed by atoms with Gasteiger partial charge in [0.25, 0.3) is 20.2 Å². The molecule has 0 fully saturated rings. The van der Waals surface area contributed by atoms with E-state index in [1.54, 1.807) is 19.1 Å². The van der Waals surface area contributed by atoms with E-state index < -0.39 is 47.2 Å². The largest absolute Gasteiger partial charge is 0.507 e. The van der Waals surface area contributed by atoms with Gasteiger partial charge in [0.05, 0.1) is 22.6 Å². The maximum atomic E-state index is 11.8. The number of phenolic OH excluding ortho intramolecular Hbond substituents is 2. The molecule has 3 aromatic rings. The molecule has 3 aromatic carbocycles. The van der Waals surface area contributed by atoms with E-state index >= 15 is 0 Å². The molecular formula is C18H16N2O9S2. The molecule has 0 amide bonds. The smallest absolute Gasteiger partial charge is 0.296 e. The fourth-order valence-corrected chi connectivity index (χ4v) is 3.96. The summed E-state index contributed by atoms with van der Waals surface area (Å²) in [5.74, 6) is -1.09. The minimum absolute atomic E-state index is 0.259. The first kappa shape index (κ1) is 22.4. The molecule has 0 saturated heterocycles. The van der Waals surface area contributed by atoms with Crippen LogP contribution in [0.15, 0.2) is 62.5 Å². The number of rotatable bonds is 6. The van der Waals surface area contributed by atoms with Crippen LogP contribution in [0.5, 0.6) is 17.2 Å². The lowest BCUT2D eigenvalue weighted by molar-refractivity contribution is 0.340.